The number of amides is 4. The SMILES string of the molecule is NC(=O)CC(NC(=O)C(N)Cc1ccc(O)cc1)C(=O)NC(CCCN=C(N)N)C(=O)NC(CCCN=C(N)N)C(=O)O. The average Bonchev–Trinajstić information content (AvgIpc) is 2.91. The molecule has 17 N–H and O–H groups in total. The zero-order chi connectivity index (χ0) is 32.5. The highest BCUT2D eigenvalue weighted by Gasteiger charge is 2.31. The molecule has 4 unspecified atom stereocenters. The zero-order valence-corrected chi connectivity index (χ0v) is 23.6. The summed E-state index contributed by atoms with van der Waals surface area (Å²) in [6.45, 7) is 0.223. The predicted octanol–water partition coefficient (Wildman–Crippen LogP) is -4.22. The van der Waals surface area contributed by atoms with Gasteiger partial charge in [0.15, 0.2) is 11.9 Å². The highest BCUT2D eigenvalue weighted by Crippen LogP contribution is 2.11. The number of aliphatic carboxylic acids is 1. The summed E-state index contributed by atoms with van der Waals surface area (Å²) >= 11 is 0. The summed E-state index contributed by atoms with van der Waals surface area (Å²) in [6, 6.07) is 0.679. The first-order valence-corrected chi connectivity index (χ1v) is 13.3. The van der Waals surface area contributed by atoms with E-state index in [-0.39, 0.29) is 62.9 Å². The normalized spacial score (nSPS) is 13.3. The number of phenols is 1. The number of hydrogen-bond donors (Lipinski definition) is 11. The molecule has 0 radical (unpaired) electrons. The van der Waals surface area contributed by atoms with Crippen molar-refractivity contribution in [1.82, 2.24) is 16.0 Å². The van der Waals surface area contributed by atoms with Gasteiger partial charge in [0, 0.05) is 13.1 Å². The first-order chi connectivity index (χ1) is 20.2. The van der Waals surface area contributed by atoms with Crippen LogP contribution in [0.15, 0.2) is 34.3 Å². The first kappa shape index (κ1) is 35.9. The average molecular weight is 608 g/mol. The van der Waals surface area contributed by atoms with Gasteiger partial charge in [-0.25, -0.2) is 4.79 Å². The maximum Gasteiger partial charge on any atom is 0.326 e. The van der Waals surface area contributed by atoms with Crippen LogP contribution in [0.25, 0.3) is 0 Å². The standard InChI is InChI=1S/C25H41N11O7/c26-15(11-13-5-7-14(37)8-6-13)20(39)36-18(12-19(27)38)22(41)34-16(3-1-9-32-24(28)29)21(40)35-17(23(42)43)4-2-10-33-25(30)31/h5-8,15-18,37H,1-4,9-12,26H2,(H2,27,38)(H,34,41)(H,35,40)(H,36,39)(H,42,43)(H4,28,29,32)(H4,30,31,33). The second kappa shape index (κ2) is 18.3. The lowest BCUT2D eigenvalue weighted by Gasteiger charge is -2.25. The number of primary amides is 1. The van der Waals surface area contributed by atoms with Gasteiger partial charge in [0.25, 0.3) is 0 Å². The van der Waals surface area contributed by atoms with Crippen molar-refractivity contribution in [1.29, 1.82) is 0 Å². The molecule has 18 heteroatoms. The number of rotatable bonds is 19. The predicted molar refractivity (Wildman–Crippen MR) is 157 cm³/mol. The molecule has 0 aliphatic rings. The molecule has 1 rings (SSSR count). The Kier molecular flexibility index (Phi) is 15.3. The fraction of sp³-hybridized carbons (Fsp3) is 0.480. The molecule has 1 aromatic carbocycles. The van der Waals surface area contributed by atoms with E-state index >= 15 is 0 Å². The van der Waals surface area contributed by atoms with Crippen LogP contribution < -0.4 is 50.4 Å². The molecule has 0 aliphatic carbocycles. The van der Waals surface area contributed by atoms with Crippen molar-refractivity contribution in [3.8, 4) is 5.75 Å². The van der Waals surface area contributed by atoms with Crippen LogP contribution in [-0.4, -0.2) is 89.0 Å². The van der Waals surface area contributed by atoms with E-state index in [1.807, 2.05) is 0 Å². The minimum Gasteiger partial charge on any atom is -0.508 e. The van der Waals surface area contributed by atoms with E-state index in [2.05, 4.69) is 25.9 Å². The first-order valence-electron chi connectivity index (χ1n) is 13.3. The van der Waals surface area contributed by atoms with Crippen LogP contribution in [0, 0.1) is 0 Å². The molecule has 0 fully saturated rings. The Balaban J connectivity index is 3.03. The van der Waals surface area contributed by atoms with Gasteiger partial charge in [0.1, 0.15) is 23.9 Å². The number of nitrogens with zero attached hydrogens (tertiary/aromatic N) is 2. The number of carbonyl (C=O) groups is 5. The van der Waals surface area contributed by atoms with Gasteiger partial charge < -0.3 is 60.6 Å². The van der Waals surface area contributed by atoms with E-state index in [0.29, 0.717) is 5.56 Å². The third-order valence-electron chi connectivity index (χ3n) is 5.91. The number of carboxylic acid groups (broad SMARTS) is 1. The topological polar surface area (TPSA) is 343 Å². The second-order valence-corrected chi connectivity index (χ2v) is 9.57. The summed E-state index contributed by atoms with van der Waals surface area (Å²) in [5.74, 6) is -5.15. The number of hydrogen-bond acceptors (Lipinski definition) is 9. The maximum absolute atomic E-state index is 13.2. The van der Waals surface area contributed by atoms with Gasteiger partial charge in [0.05, 0.1) is 12.5 Å². The molecule has 0 spiro atoms. The van der Waals surface area contributed by atoms with E-state index in [1.165, 1.54) is 12.1 Å². The van der Waals surface area contributed by atoms with Gasteiger partial charge in [-0.2, -0.15) is 0 Å². The zero-order valence-electron chi connectivity index (χ0n) is 23.6. The molecule has 43 heavy (non-hydrogen) atoms. The quantitative estimate of drug-likeness (QED) is 0.0405. The van der Waals surface area contributed by atoms with Crippen LogP contribution in [0.1, 0.15) is 37.7 Å². The van der Waals surface area contributed by atoms with Crippen molar-refractivity contribution >= 4 is 41.5 Å². The summed E-state index contributed by atoms with van der Waals surface area (Å²) < 4.78 is 0. The van der Waals surface area contributed by atoms with Gasteiger partial charge >= 0.3 is 5.97 Å². The number of nitrogens with two attached hydrogens (primary N) is 6. The molecular weight excluding hydrogens is 566 g/mol. The minimum absolute atomic E-state index is 0.0220. The number of carbonyl (C=O) groups excluding carboxylic acids is 4. The summed E-state index contributed by atoms with van der Waals surface area (Å²) in [5, 5.41) is 26.2. The Morgan fingerprint density at radius 3 is 1.67 bits per heavy atom. The van der Waals surface area contributed by atoms with Gasteiger partial charge in [-0.1, -0.05) is 12.1 Å². The fourth-order valence-corrected chi connectivity index (χ4v) is 3.75. The van der Waals surface area contributed by atoms with Gasteiger partial charge in [-0.05, 0) is 49.8 Å². The van der Waals surface area contributed by atoms with E-state index in [4.69, 9.17) is 34.4 Å². The lowest BCUT2D eigenvalue weighted by molar-refractivity contribution is -0.142. The molecule has 1 aromatic rings. The van der Waals surface area contributed by atoms with Crippen LogP contribution >= 0.6 is 0 Å². The third-order valence-corrected chi connectivity index (χ3v) is 5.91. The minimum atomic E-state index is -1.50. The Bertz CT molecular complexity index is 1170. The maximum atomic E-state index is 13.2. The molecule has 18 nitrogen and oxygen atoms in total. The van der Waals surface area contributed by atoms with Crippen molar-refractivity contribution in [3.05, 3.63) is 29.8 Å². The Labute approximate surface area is 247 Å². The van der Waals surface area contributed by atoms with E-state index in [1.54, 1.807) is 12.1 Å². The van der Waals surface area contributed by atoms with Crippen molar-refractivity contribution < 1.29 is 34.2 Å². The Morgan fingerprint density at radius 1 is 0.721 bits per heavy atom. The Hall–Kier alpha value is -5.13. The number of phenolic OH excluding ortho intramolecular Hbond substituents is 1. The molecule has 0 aromatic heterocycles. The number of aliphatic imine (C=N–C) groups is 2. The number of benzene rings is 1. The molecule has 4 amide bonds. The monoisotopic (exact) mass is 607 g/mol. The van der Waals surface area contributed by atoms with Crippen LogP contribution in [0.2, 0.25) is 0 Å². The molecule has 0 aliphatic heterocycles. The van der Waals surface area contributed by atoms with E-state index in [9.17, 15) is 34.2 Å². The molecule has 0 saturated heterocycles. The number of carboxylic acids is 1. The highest BCUT2D eigenvalue weighted by molar-refractivity contribution is 5.96. The van der Waals surface area contributed by atoms with Crippen LogP contribution in [0.3, 0.4) is 0 Å². The fourth-order valence-electron chi connectivity index (χ4n) is 3.75. The van der Waals surface area contributed by atoms with Gasteiger partial charge in [-0.15, -0.1) is 0 Å². The van der Waals surface area contributed by atoms with Crippen molar-refractivity contribution in [3.63, 3.8) is 0 Å². The number of aromatic hydroxyl groups is 1. The third kappa shape index (κ3) is 14.9. The van der Waals surface area contributed by atoms with E-state index < -0.39 is 60.2 Å². The van der Waals surface area contributed by atoms with Gasteiger partial charge in [-0.3, -0.25) is 29.2 Å². The van der Waals surface area contributed by atoms with Gasteiger partial charge in [0.2, 0.25) is 23.6 Å². The van der Waals surface area contributed by atoms with Crippen molar-refractivity contribution in [2.75, 3.05) is 13.1 Å². The van der Waals surface area contributed by atoms with Crippen LogP contribution in [0.5, 0.6) is 5.75 Å². The molecule has 0 saturated carbocycles. The van der Waals surface area contributed by atoms with Crippen LogP contribution in [-0.2, 0) is 30.4 Å². The molecular formula is C25H41N11O7. The Morgan fingerprint density at radius 2 is 1.19 bits per heavy atom. The summed E-state index contributed by atoms with van der Waals surface area (Å²) in [7, 11) is 0. The van der Waals surface area contributed by atoms with Crippen LogP contribution in [0.4, 0.5) is 0 Å². The van der Waals surface area contributed by atoms with E-state index in [0.717, 1.165) is 0 Å². The lowest BCUT2D eigenvalue weighted by Crippen LogP contribution is -2.58. The molecule has 4 atom stereocenters. The molecule has 0 heterocycles. The number of guanidine groups is 2. The summed E-state index contributed by atoms with van der Waals surface area (Å²) in [4.78, 5) is 70.1. The number of nitrogens with one attached hydrogen (secondary N) is 3. The lowest BCUT2D eigenvalue weighted by atomic mass is 10.0. The second-order valence-electron chi connectivity index (χ2n) is 9.57. The summed E-state index contributed by atoms with van der Waals surface area (Å²) in [6.07, 6.45) is -0.199. The molecule has 238 valence electrons. The smallest absolute Gasteiger partial charge is 0.326 e. The van der Waals surface area contributed by atoms with Crippen molar-refractivity contribution in [2.24, 2.45) is 44.4 Å². The van der Waals surface area contributed by atoms with Crippen molar-refractivity contribution in [2.45, 2.75) is 62.7 Å². The summed E-state index contributed by atoms with van der Waals surface area (Å²) in [5.41, 5.74) is 33.0. The largest absolute Gasteiger partial charge is 0.508 e. The molecule has 0 bridgehead atoms. The highest BCUT2D eigenvalue weighted by atomic mass is 16.4.